The molecule has 31 heavy (non-hydrogen) atoms. The maximum Gasteiger partial charge on any atom is 0.339 e. The summed E-state index contributed by atoms with van der Waals surface area (Å²) >= 11 is 3.68. The van der Waals surface area contributed by atoms with Crippen LogP contribution in [0.5, 0.6) is 0 Å². The molecule has 0 aromatic heterocycles. The number of carbonyl (C=O) groups is 1. The molecule has 0 aliphatic heterocycles. The van der Waals surface area contributed by atoms with E-state index in [-0.39, 0.29) is 5.97 Å². The van der Waals surface area contributed by atoms with Gasteiger partial charge in [0.1, 0.15) is 23.2 Å². The molecular formula is C27H23BrO2P+. The largest absolute Gasteiger partial charge is 0.465 e. The lowest BCUT2D eigenvalue weighted by molar-refractivity contribution is 0.0599. The quantitative estimate of drug-likeness (QED) is 0.260. The monoisotopic (exact) mass is 489 g/mol. The van der Waals surface area contributed by atoms with Crippen LogP contribution in [0.4, 0.5) is 0 Å². The molecule has 0 amide bonds. The van der Waals surface area contributed by atoms with E-state index in [0.717, 1.165) is 15.6 Å². The summed E-state index contributed by atoms with van der Waals surface area (Å²) in [4.78, 5) is 12.3. The van der Waals surface area contributed by atoms with Crippen molar-refractivity contribution in [2.24, 2.45) is 0 Å². The van der Waals surface area contributed by atoms with Crippen molar-refractivity contribution >= 4 is 45.1 Å². The van der Waals surface area contributed by atoms with Crippen LogP contribution >= 0.6 is 23.2 Å². The molecule has 0 aliphatic rings. The third-order valence-electron chi connectivity index (χ3n) is 5.63. The van der Waals surface area contributed by atoms with Crippen molar-refractivity contribution in [2.75, 3.05) is 13.8 Å². The number of benzene rings is 4. The van der Waals surface area contributed by atoms with E-state index in [1.54, 1.807) is 6.07 Å². The van der Waals surface area contributed by atoms with E-state index in [1.807, 2.05) is 6.07 Å². The molecule has 0 aliphatic carbocycles. The SMILES string of the molecule is COC(=O)c1cccc(-c2ccccc2[P+](C)(c2ccccc2)c2ccccc2)c1Br. The van der Waals surface area contributed by atoms with Crippen LogP contribution in [-0.4, -0.2) is 19.7 Å². The molecule has 4 aromatic rings. The predicted molar refractivity (Wildman–Crippen MR) is 136 cm³/mol. The molecule has 0 N–H and O–H groups in total. The molecule has 0 unspecified atom stereocenters. The molecular weight excluding hydrogens is 467 g/mol. The third-order valence-corrected chi connectivity index (χ3v) is 10.5. The normalized spacial score (nSPS) is 11.2. The van der Waals surface area contributed by atoms with Gasteiger partial charge in [-0.25, -0.2) is 4.79 Å². The second kappa shape index (κ2) is 9.18. The van der Waals surface area contributed by atoms with Crippen LogP contribution in [0.25, 0.3) is 11.1 Å². The highest BCUT2D eigenvalue weighted by Crippen LogP contribution is 2.53. The van der Waals surface area contributed by atoms with Crippen LogP contribution in [-0.2, 0) is 4.74 Å². The standard InChI is InChI=1S/C27H23BrO2P/c1-30-27(29)24-18-11-17-23(26(24)28)22-16-9-10-19-25(22)31(2,20-12-5-3-6-13-20)21-14-7-4-8-15-21/h3-19H,1-2H3/q+1. The number of esters is 1. The summed E-state index contributed by atoms with van der Waals surface area (Å²) in [5, 5.41) is 3.90. The summed E-state index contributed by atoms with van der Waals surface area (Å²) in [5.41, 5.74) is 2.62. The number of hydrogen-bond donors (Lipinski definition) is 0. The van der Waals surface area contributed by atoms with Gasteiger partial charge < -0.3 is 4.74 Å². The Bertz CT molecular complexity index is 1170. The lowest BCUT2D eigenvalue weighted by atomic mass is 10.0. The molecule has 0 radical (unpaired) electrons. The van der Waals surface area contributed by atoms with E-state index in [0.29, 0.717) is 5.56 Å². The fraction of sp³-hybridized carbons (Fsp3) is 0.0741. The fourth-order valence-electron chi connectivity index (χ4n) is 3.98. The number of hydrogen-bond acceptors (Lipinski definition) is 2. The van der Waals surface area contributed by atoms with E-state index in [9.17, 15) is 4.79 Å². The molecule has 0 spiro atoms. The fourth-order valence-corrected chi connectivity index (χ4v) is 8.07. The summed E-state index contributed by atoms with van der Waals surface area (Å²) < 4.78 is 5.73. The van der Waals surface area contributed by atoms with Crippen LogP contribution < -0.4 is 15.9 Å². The first-order valence-electron chi connectivity index (χ1n) is 10.0. The van der Waals surface area contributed by atoms with Gasteiger partial charge in [0.2, 0.25) is 0 Å². The Labute approximate surface area is 192 Å². The van der Waals surface area contributed by atoms with Crippen molar-refractivity contribution in [3.05, 3.63) is 113 Å². The number of methoxy groups -OCH3 is 1. The van der Waals surface area contributed by atoms with E-state index >= 15 is 0 Å². The zero-order valence-corrected chi connectivity index (χ0v) is 19.9. The summed E-state index contributed by atoms with van der Waals surface area (Å²) in [7, 11) is -0.527. The molecule has 154 valence electrons. The minimum Gasteiger partial charge on any atom is -0.465 e. The third kappa shape index (κ3) is 3.96. The summed E-state index contributed by atoms with van der Waals surface area (Å²) in [6.45, 7) is 2.37. The van der Waals surface area contributed by atoms with Crippen molar-refractivity contribution in [1.82, 2.24) is 0 Å². The molecule has 0 fully saturated rings. The maximum atomic E-state index is 12.3. The average molecular weight is 490 g/mol. The van der Waals surface area contributed by atoms with Crippen LogP contribution in [0.15, 0.2) is 108 Å². The van der Waals surface area contributed by atoms with Gasteiger partial charge in [-0.2, -0.15) is 0 Å². The van der Waals surface area contributed by atoms with Gasteiger partial charge in [0.25, 0.3) is 0 Å². The van der Waals surface area contributed by atoms with Crippen molar-refractivity contribution < 1.29 is 9.53 Å². The first-order valence-corrected chi connectivity index (χ1v) is 13.0. The molecule has 0 heterocycles. The van der Waals surface area contributed by atoms with E-state index < -0.39 is 7.26 Å². The minimum absolute atomic E-state index is 0.352. The van der Waals surface area contributed by atoms with Crippen molar-refractivity contribution in [3.8, 4) is 11.1 Å². The van der Waals surface area contributed by atoms with Gasteiger partial charge in [-0.1, -0.05) is 66.7 Å². The van der Waals surface area contributed by atoms with E-state index in [2.05, 4.69) is 114 Å². The lowest BCUT2D eigenvalue weighted by Gasteiger charge is -2.26. The van der Waals surface area contributed by atoms with Gasteiger partial charge in [-0.05, 0) is 52.3 Å². The number of carbonyl (C=O) groups excluding carboxylic acids is 1. The molecule has 2 nitrogen and oxygen atoms in total. The van der Waals surface area contributed by atoms with Crippen molar-refractivity contribution in [1.29, 1.82) is 0 Å². The Morgan fingerprint density at radius 3 is 1.81 bits per heavy atom. The Balaban J connectivity index is 2.01. The van der Waals surface area contributed by atoms with Gasteiger partial charge in [0, 0.05) is 15.6 Å². The van der Waals surface area contributed by atoms with Gasteiger partial charge in [-0.15, -0.1) is 0 Å². The Morgan fingerprint density at radius 1 is 0.710 bits per heavy atom. The predicted octanol–water partition coefficient (Wildman–Crippen LogP) is 5.83. The molecule has 0 saturated heterocycles. The highest BCUT2D eigenvalue weighted by atomic mass is 79.9. The second-order valence-corrected chi connectivity index (χ2v) is 11.7. The van der Waals surface area contributed by atoms with Gasteiger partial charge in [-0.3, -0.25) is 0 Å². The van der Waals surface area contributed by atoms with Crippen LogP contribution in [0.1, 0.15) is 10.4 Å². The molecule has 0 bridgehead atoms. The highest BCUT2D eigenvalue weighted by molar-refractivity contribution is 9.10. The van der Waals surface area contributed by atoms with Crippen molar-refractivity contribution in [2.45, 2.75) is 0 Å². The Morgan fingerprint density at radius 2 is 1.23 bits per heavy atom. The molecule has 4 aromatic carbocycles. The second-order valence-electron chi connectivity index (χ2n) is 7.35. The van der Waals surface area contributed by atoms with Crippen LogP contribution in [0.3, 0.4) is 0 Å². The van der Waals surface area contributed by atoms with Crippen LogP contribution in [0, 0.1) is 0 Å². The summed E-state index contributed by atoms with van der Waals surface area (Å²) in [5.74, 6) is -0.352. The number of ether oxygens (including phenoxy) is 1. The molecule has 0 saturated carbocycles. The molecule has 4 heteroatoms. The van der Waals surface area contributed by atoms with E-state index in [1.165, 1.54) is 23.0 Å². The maximum absolute atomic E-state index is 12.3. The summed E-state index contributed by atoms with van der Waals surface area (Å²) in [6, 6.07) is 35.7. The van der Waals surface area contributed by atoms with E-state index in [4.69, 9.17) is 4.74 Å². The minimum atomic E-state index is -1.93. The topological polar surface area (TPSA) is 26.3 Å². The molecule has 0 atom stereocenters. The first-order chi connectivity index (χ1) is 15.1. The number of rotatable bonds is 5. The zero-order valence-electron chi connectivity index (χ0n) is 17.5. The van der Waals surface area contributed by atoms with Gasteiger partial charge >= 0.3 is 5.97 Å². The Hall–Kier alpha value is -2.74. The zero-order chi connectivity index (χ0) is 21.8. The number of halogens is 1. The van der Waals surface area contributed by atoms with Gasteiger partial charge in [0.05, 0.1) is 19.3 Å². The smallest absolute Gasteiger partial charge is 0.339 e. The van der Waals surface area contributed by atoms with Gasteiger partial charge in [0.15, 0.2) is 0 Å². The first kappa shape index (κ1) is 21.5. The highest BCUT2D eigenvalue weighted by Gasteiger charge is 2.42. The van der Waals surface area contributed by atoms with Crippen LogP contribution in [0.2, 0.25) is 0 Å². The lowest BCUT2D eigenvalue weighted by Crippen LogP contribution is -2.31. The summed E-state index contributed by atoms with van der Waals surface area (Å²) in [6.07, 6.45) is 0. The molecule has 4 rings (SSSR count). The average Bonchev–Trinajstić information content (AvgIpc) is 2.84. The van der Waals surface area contributed by atoms with Crippen molar-refractivity contribution in [3.63, 3.8) is 0 Å². The Kier molecular flexibility index (Phi) is 6.36.